The third kappa shape index (κ3) is 11.2. The number of carbonyl (C=O) groups is 3. The SMILES string of the molecule is C=C(CO)C(=O)OCCC(COC(=O)C(=C)CO)c1ccc(OC(=O)C2CCC(C3CCC(CCCCC)CC3)CC2)cc1. The first-order valence-electron chi connectivity index (χ1n) is 16.5. The Balaban J connectivity index is 1.48. The molecule has 2 saturated carbocycles. The second kappa shape index (κ2) is 18.7. The lowest BCUT2D eigenvalue weighted by Crippen LogP contribution is -2.30. The van der Waals surface area contributed by atoms with E-state index in [4.69, 9.17) is 24.4 Å². The minimum atomic E-state index is -0.710. The quantitative estimate of drug-likeness (QED) is 0.0893. The highest BCUT2D eigenvalue weighted by atomic mass is 16.5. The van der Waals surface area contributed by atoms with E-state index in [1.807, 2.05) is 0 Å². The van der Waals surface area contributed by atoms with Crippen molar-refractivity contribution in [1.82, 2.24) is 0 Å². The number of carbonyl (C=O) groups excluding carboxylic acids is 3. The molecule has 0 spiro atoms. The van der Waals surface area contributed by atoms with Crippen molar-refractivity contribution in [2.45, 2.75) is 96.3 Å². The van der Waals surface area contributed by atoms with E-state index in [1.165, 1.54) is 51.4 Å². The average Bonchev–Trinajstić information content (AvgIpc) is 3.06. The van der Waals surface area contributed by atoms with E-state index >= 15 is 0 Å². The van der Waals surface area contributed by atoms with Gasteiger partial charge in [0.15, 0.2) is 0 Å². The lowest BCUT2D eigenvalue weighted by atomic mass is 9.68. The van der Waals surface area contributed by atoms with Crippen LogP contribution in [0, 0.1) is 23.7 Å². The highest BCUT2D eigenvalue weighted by Gasteiger charge is 2.33. The van der Waals surface area contributed by atoms with Gasteiger partial charge in [0.25, 0.3) is 0 Å². The Labute approximate surface area is 262 Å². The van der Waals surface area contributed by atoms with Crippen molar-refractivity contribution >= 4 is 17.9 Å². The molecule has 244 valence electrons. The lowest BCUT2D eigenvalue weighted by molar-refractivity contribution is -0.142. The van der Waals surface area contributed by atoms with E-state index in [1.54, 1.807) is 24.3 Å². The largest absolute Gasteiger partial charge is 0.462 e. The van der Waals surface area contributed by atoms with Gasteiger partial charge in [0, 0.05) is 5.92 Å². The van der Waals surface area contributed by atoms with Gasteiger partial charge >= 0.3 is 17.9 Å². The van der Waals surface area contributed by atoms with Gasteiger partial charge in [-0.1, -0.05) is 70.7 Å². The molecular formula is C36H52O8. The van der Waals surface area contributed by atoms with E-state index in [0.29, 0.717) is 12.2 Å². The predicted molar refractivity (Wildman–Crippen MR) is 169 cm³/mol. The number of ether oxygens (including phenoxy) is 3. The van der Waals surface area contributed by atoms with Gasteiger partial charge in [0.2, 0.25) is 0 Å². The maximum atomic E-state index is 13.0. The van der Waals surface area contributed by atoms with Crippen LogP contribution in [-0.2, 0) is 23.9 Å². The van der Waals surface area contributed by atoms with Crippen LogP contribution in [-0.4, -0.2) is 54.5 Å². The van der Waals surface area contributed by atoms with E-state index < -0.39 is 25.2 Å². The average molecular weight is 613 g/mol. The van der Waals surface area contributed by atoms with E-state index in [-0.39, 0.29) is 42.2 Å². The number of benzene rings is 1. The molecule has 0 aliphatic heterocycles. The fraction of sp³-hybridized carbons (Fsp3) is 0.639. The molecule has 8 heteroatoms. The summed E-state index contributed by atoms with van der Waals surface area (Å²) in [6.07, 6.45) is 15.1. The van der Waals surface area contributed by atoms with Crippen LogP contribution in [0.3, 0.4) is 0 Å². The van der Waals surface area contributed by atoms with Crippen molar-refractivity contribution in [2.75, 3.05) is 26.4 Å². The van der Waals surface area contributed by atoms with Gasteiger partial charge in [-0.3, -0.25) is 4.79 Å². The Bertz CT molecular complexity index is 1080. The van der Waals surface area contributed by atoms with E-state index in [2.05, 4.69) is 20.1 Å². The minimum Gasteiger partial charge on any atom is -0.462 e. The maximum absolute atomic E-state index is 13.0. The topological polar surface area (TPSA) is 119 Å². The summed E-state index contributed by atoms with van der Waals surface area (Å²) in [6, 6.07) is 7.04. The zero-order chi connectivity index (χ0) is 31.9. The number of hydrogen-bond acceptors (Lipinski definition) is 8. The molecule has 1 atom stereocenters. The van der Waals surface area contributed by atoms with Crippen molar-refractivity contribution in [3.8, 4) is 5.75 Å². The fourth-order valence-electron chi connectivity index (χ4n) is 6.61. The third-order valence-electron chi connectivity index (χ3n) is 9.52. The summed E-state index contributed by atoms with van der Waals surface area (Å²) < 4.78 is 16.2. The molecule has 8 nitrogen and oxygen atoms in total. The zero-order valence-corrected chi connectivity index (χ0v) is 26.5. The molecule has 2 fully saturated rings. The monoisotopic (exact) mass is 612 g/mol. The Kier molecular flexibility index (Phi) is 15.1. The molecule has 2 aliphatic carbocycles. The summed E-state index contributed by atoms with van der Waals surface area (Å²) in [5.41, 5.74) is 0.688. The fourth-order valence-corrected chi connectivity index (χ4v) is 6.61. The van der Waals surface area contributed by atoms with Crippen molar-refractivity contribution in [3.63, 3.8) is 0 Å². The highest BCUT2D eigenvalue weighted by Crippen LogP contribution is 2.42. The summed E-state index contributed by atoms with van der Waals surface area (Å²) in [6.45, 7) is 8.19. The predicted octanol–water partition coefficient (Wildman–Crippen LogP) is 6.44. The molecule has 44 heavy (non-hydrogen) atoms. The number of hydrogen-bond donors (Lipinski definition) is 2. The Morgan fingerprint density at radius 1 is 0.818 bits per heavy atom. The van der Waals surface area contributed by atoms with Crippen LogP contribution >= 0.6 is 0 Å². The number of aliphatic hydroxyl groups excluding tert-OH is 2. The smallest absolute Gasteiger partial charge is 0.335 e. The first kappa shape index (κ1) is 35.5. The van der Waals surface area contributed by atoms with Gasteiger partial charge in [-0.15, -0.1) is 0 Å². The summed E-state index contributed by atoms with van der Waals surface area (Å²) in [5.74, 6) is 0.916. The molecule has 1 aromatic rings. The first-order chi connectivity index (χ1) is 21.2. The van der Waals surface area contributed by atoms with E-state index in [9.17, 15) is 14.4 Å². The molecule has 0 heterocycles. The molecule has 2 N–H and O–H groups in total. The summed E-state index contributed by atoms with van der Waals surface area (Å²) >= 11 is 0. The van der Waals surface area contributed by atoms with Crippen LogP contribution in [0.5, 0.6) is 5.75 Å². The van der Waals surface area contributed by atoms with Crippen molar-refractivity contribution in [3.05, 3.63) is 54.1 Å². The molecule has 0 bridgehead atoms. The van der Waals surface area contributed by atoms with Gasteiger partial charge in [-0.05, 0) is 80.4 Å². The molecule has 0 amide bonds. The molecular weight excluding hydrogens is 560 g/mol. The lowest BCUT2D eigenvalue weighted by Gasteiger charge is -2.37. The molecule has 1 unspecified atom stereocenters. The van der Waals surface area contributed by atoms with Crippen LogP contribution in [0.4, 0.5) is 0 Å². The molecule has 0 radical (unpaired) electrons. The summed E-state index contributed by atoms with van der Waals surface area (Å²) in [5, 5.41) is 18.2. The molecule has 3 rings (SSSR count). The first-order valence-corrected chi connectivity index (χ1v) is 16.5. The molecule has 2 aliphatic rings. The van der Waals surface area contributed by atoms with Gasteiger partial charge in [0.1, 0.15) is 5.75 Å². The second-order valence-electron chi connectivity index (χ2n) is 12.6. The van der Waals surface area contributed by atoms with Crippen LogP contribution in [0.15, 0.2) is 48.6 Å². The Morgan fingerprint density at radius 3 is 1.95 bits per heavy atom. The van der Waals surface area contributed by atoms with Crippen molar-refractivity contribution < 1.29 is 38.8 Å². The van der Waals surface area contributed by atoms with Gasteiger partial charge in [-0.25, -0.2) is 9.59 Å². The normalized spacial score (nSPS) is 22.4. The van der Waals surface area contributed by atoms with Crippen LogP contribution in [0.1, 0.15) is 102 Å². The second-order valence-corrected chi connectivity index (χ2v) is 12.6. The zero-order valence-electron chi connectivity index (χ0n) is 26.5. The number of aliphatic hydroxyl groups is 2. The molecule has 1 aromatic carbocycles. The number of rotatable bonds is 17. The van der Waals surface area contributed by atoms with E-state index in [0.717, 1.165) is 49.0 Å². The van der Waals surface area contributed by atoms with Crippen molar-refractivity contribution in [2.24, 2.45) is 23.7 Å². The van der Waals surface area contributed by atoms with Crippen LogP contribution in [0.25, 0.3) is 0 Å². The van der Waals surface area contributed by atoms with Gasteiger partial charge < -0.3 is 24.4 Å². The molecule has 0 aromatic heterocycles. The summed E-state index contributed by atoms with van der Waals surface area (Å²) in [4.78, 5) is 36.9. The minimum absolute atomic E-state index is 0.0147. The van der Waals surface area contributed by atoms with Crippen molar-refractivity contribution in [1.29, 1.82) is 0 Å². The van der Waals surface area contributed by atoms with Crippen LogP contribution in [0.2, 0.25) is 0 Å². The number of unbranched alkanes of at least 4 members (excludes halogenated alkanes) is 2. The Hall–Kier alpha value is -2.97. The van der Waals surface area contributed by atoms with Gasteiger partial charge in [0.05, 0.1) is 43.5 Å². The highest BCUT2D eigenvalue weighted by molar-refractivity contribution is 5.88. The third-order valence-corrected chi connectivity index (χ3v) is 9.52. The summed E-state index contributed by atoms with van der Waals surface area (Å²) in [7, 11) is 0. The maximum Gasteiger partial charge on any atom is 0.335 e. The Morgan fingerprint density at radius 2 is 1.39 bits per heavy atom. The molecule has 0 saturated heterocycles. The standard InChI is InChI=1S/C36H52O8/c1-4-5-6-7-27-8-10-28(11-9-27)29-12-14-31(15-13-29)36(41)44-33-18-16-30(17-19-33)32(24-43-35(40)26(3)23-38)20-21-42-34(39)25(2)22-37/h16-19,27-29,31-32,37-38H,2-15,20-24H2,1H3. The van der Waals surface area contributed by atoms with Gasteiger partial charge in [-0.2, -0.15) is 0 Å². The van der Waals surface area contributed by atoms with Crippen LogP contribution < -0.4 is 4.74 Å². The number of esters is 3.